The van der Waals surface area contributed by atoms with Gasteiger partial charge in [0.25, 0.3) is 0 Å². The Morgan fingerprint density at radius 3 is 2.53 bits per heavy atom. The molecule has 2 aromatic carbocycles. The first-order chi connectivity index (χ1) is 16.4. The fourth-order valence-corrected chi connectivity index (χ4v) is 5.14. The highest BCUT2D eigenvalue weighted by molar-refractivity contribution is 5.89. The van der Waals surface area contributed by atoms with E-state index < -0.39 is 17.8 Å². The number of carbonyl (C=O) groups is 1. The summed E-state index contributed by atoms with van der Waals surface area (Å²) in [6.45, 7) is 9.49. The van der Waals surface area contributed by atoms with Gasteiger partial charge in [-0.15, -0.1) is 0 Å². The van der Waals surface area contributed by atoms with Gasteiger partial charge < -0.3 is 19.5 Å². The molecule has 0 bridgehead atoms. The third-order valence-electron chi connectivity index (χ3n) is 7.10. The van der Waals surface area contributed by atoms with Crippen LogP contribution in [0.1, 0.15) is 86.9 Å². The summed E-state index contributed by atoms with van der Waals surface area (Å²) in [6.07, 6.45) is 6.64. The summed E-state index contributed by atoms with van der Waals surface area (Å²) in [7, 11) is 0. The lowest BCUT2D eigenvalue weighted by Crippen LogP contribution is -2.51. The first-order valence-corrected chi connectivity index (χ1v) is 12.8. The molecule has 0 radical (unpaired) electrons. The van der Waals surface area contributed by atoms with Crippen LogP contribution in [0.15, 0.2) is 42.5 Å². The van der Waals surface area contributed by atoms with Gasteiger partial charge in [0.15, 0.2) is 6.10 Å². The maximum atomic E-state index is 13.1. The lowest BCUT2D eigenvalue weighted by molar-refractivity contribution is -0.141. The van der Waals surface area contributed by atoms with Crippen molar-refractivity contribution in [1.29, 1.82) is 0 Å². The van der Waals surface area contributed by atoms with Gasteiger partial charge in [0.2, 0.25) is 0 Å². The van der Waals surface area contributed by atoms with E-state index in [9.17, 15) is 4.79 Å². The zero-order valence-corrected chi connectivity index (χ0v) is 21.1. The Kier molecular flexibility index (Phi) is 7.82. The number of carbonyl (C=O) groups excluding carboxylic acids is 1. The topological polar surface area (TPSA) is 56.8 Å². The summed E-state index contributed by atoms with van der Waals surface area (Å²) in [5, 5.41) is 3.37. The Morgan fingerprint density at radius 2 is 1.82 bits per heavy atom. The standard InChI is InChI=1S/C29H39NO4/c1-5-30-23-15-16-25-24(19-23)26(32-18-17-21-9-7-6-8-10-21)27(29(3,4)34-25)33-28(31)22-13-11-20(2)12-14-22/h11-16,19,21,26-27,30H,5-10,17-18H2,1-4H3. The minimum absolute atomic E-state index is 0.353. The summed E-state index contributed by atoms with van der Waals surface area (Å²) >= 11 is 0. The van der Waals surface area contributed by atoms with Crippen LogP contribution in [-0.4, -0.2) is 30.8 Å². The van der Waals surface area contributed by atoms with Gasteiger partial charge in [-0.3, -0.25) is 0 Å². The van der Waals surface area contributed by atoms with Crippen molar-refractivity contribution in [2.75, 3.05) is 18.5 Å². The number of nitrogens with one attached hydrogen (secondary N) is 1. The largest absolute Gasteiger partial charge is 0.483 e. The zero-order chi connectivity index (χ0) is 24.1. The predicted octanol–water partition coefficient (Wildman–Crippen LogP) is 6.85. The van der Waals surface area contributed by atoms with Gasteiger partial charge in [-0.05, 0) is 70.4 Å². The van der Waals surface area contributed by atoms with Crippen LogP contribution in [0, 0.1) is 12.8 Å². The van der Waals surface area contributed by atoms with Gasteiger partial charge >= 0.3 is 5.97 Å². The number of anilines is 1. The third kappa shape index (κ3) is 5.75. The van der Waals surface area contributed by atoms with E-state index in [1.165, 1.54) is 32.1 Å². The van der Waals surface area contributed by atoms with Crippen LogP contribution in [0.3, 0.4) is 0 Å². The lowest BCUT2D eigenvalue weighted by Gasteiger charge is -2.44. The number of benzene rings is 2. The third-order valence-corrected chi connectivity index (χ3v) is 7.10. The quantitative estimate of drug-likeness (QED) is 0.432. The fraction of sp³-hybridized carbons (Fsp3) is 0.552. The van der Waals surface area contributed by atoms with Crippen LogP contribution in [0.4, 0.5) is 5.69 Å². The molecule has 5 nitrogen and oxygen atoms in total. The van der Waals surface area contributed by atoms with E-state index in [1.807, 2.05) is 57.2 Å². The molecule has 2 aromatic rings. The van der Waals surface area contributed by atoms with Gasteiger partial charge in [-0.25, -0.2) is 4.79 Å². The highest BCUT2D eigenvalue weighted by Crippen LogP contribution is 2.45. The molecule has 1 N–H and O–H groups in total. The van der Waals surface area contributed by atoms with Crippen LogP contribution >= 0.6 is 0 Å². The average molecular weight is 466 g/mol. The molecule has 4 rings (SSSR count). The smallest absolute Gasteiger partial charge is 0.338 e. The number of hydrogen-bond acceptors (Lipinski definition) is 5. The van der Waals surface area contributed by atoms with E-state index in [4.69, 9.17) is 14.2 Å². The molecule has 1 fully saturated rings. The summed E-state index contributed by atoms with van der Waals surface area (Å²) < 4.78 is 19.1. The molecule has 1 aliphatic heterocycles. The van der Waals surface area contributed by atoms with E-state index in [0.717, 1.165) is 41.4 Å². The number of hydrogen-bond donors (Lipinski definition) is 1. The lowest BCUT2D eigenvalue weighted by atomic mass is 9.86. The Bertz CT molecular complexity index is 963. The van der Waals surface area contributed by atoms with Gasteiger partial charge in [-0.1, -0.05) is 49.8 Å². The number of fused-ring (bicyclic) bond motifs is 1. The first kappa shape index (κ1) is 24.6. The second-order valence-electron chi connectivity index (χ2n) is 10.3. The number of aryl methyl sites for hydroxylation is 1. The zero-order valence-electron chi connectivity index (χ0n) is 21.1. The van der Waals surface area contributed by atoms with E-state index in [1.54, 1.807) is 0 Å². The van der Waals surface area contributed by atoms with Crippen molar-refractivity contribution in [2.24, 2.45) is 5.92 Å². The molecule has 5 heteroatoms. The Labute approximate surface area is 204 Å². The molecule has 0 saturated heterocycles. The highest BCUT2D eigenvalue weighted by atomic mass is 16.6. The van der Waals surface area contributed by atoms with Crippen LogP contribution in [0.25, 0.3) is 0 Å². The van der Waals surface area contributed by atoms with Gasteiger partial charge in [0.1, 0.15) is 17.5 Å². The molecule has 0 aromatic heterocycles. The maximum absolute atomic E-state index is 13.1. The minimum atomic E-state index is -0.734. The van der Waals surface area contributed by atoms with Crippen molar-refractivity contribution < 1.29 is 19.0 Å². The molecule has 34 heavy (non-hydrogen) atoms. The average Bonchev–Trinajstić information content (AvgIpc) is 2.82. The van der Waals surface area contributed by atoms with Crippen LogP contribution in [0.2, 0.25) is 0 Å². The van der Waals surface area contributed by atoms with Crippen molar-refractivity contribution in [3.05, 3.63) is 59.2 Å². The van der Waals surface area contributed by atoms with Gasteiger partial charge in [0.05, 0.1) is 5.56 Å². The molecule has 0 amide bonds. The van der Waals surface area contributed by atoms with E-state index in [-0.39, 0.29) is 5.97 Å². The molecule has 0 spiro atoms. The van der Waals surface area contributed by atoms with Crippen molar-refractivity contribution in [1.82, 2.24) is 0 Å². The number of ether oxygens (including phenoxy) is 3. The Balaban J connectivity index is 1.59. The molecular weight excluding hydrogens is 426 g/mol. The van der Waals surface area contributed by atoms with E-state index >= 15 is 0 Å². The molecule has 1 saturated carbocycles. The molecular formula is C29H39NO4. The van der Waals surface area contributed by atoms with Crippen LogP contribution in [0.5, 0.6) is 5.75 Å². The van der Waals surface area contributed by atoms with E-state index in [2.05, 4.69) is 18.3 Å². The molecule has 2 aliphatic rings. The predicted molar refractivity (Wildman–Crippen MR) is 136 cm³/mol. The van der Waals surface area contributed by atoms with E-state index in [0.29, 0.717) is 12.2 Å². The Morgan fingerprint density at radius 1 is 1.09 bits per heavy atom. The molecule has 184 valence electrons. The summed E-state index contributed by atoms with van der Waals surface area (Å²) in [5.41, 5.74) is 2.85. The Hall–Kier alpha value is -2.53. The normalized spacial score (nSPS) is 21.9. The summed E-state index contributed by atoms with van der Waals surface area (Å²) in [6, 6.07) is 13.6. The molecule has 1 heterocycles. The van der Waals surface area contributed by atoms with Crippen molar-refractivity contribution in [3.63, 3.8) is 0 Å². The SMILES string of the molecule is CCNc1ccc2c(c1)C(OCCC1CCCCC1)C(OC(=O)c1ccc(C)cc1)C(C)(C)O2. The van der Waals surface area contributed by atoms with Crippen LogP contribution in [-0.2, 0) is 9.47 Å². The summed E-state index contributed by atoms with van der Waals surface area (Å²) in [5.74, 6) is 1.16. The monoisotopic (exact) mass is 465 g/mol. The molecule has 1 aliphatic carbocycles. The van der Waals surface area contributed by atoms with Crippen molar-refractivity contribution in [2.45, 2.75) is 84.0 Å². The van der Waals surface area contributed by atoms with Crippen molar-refractivity contribution >= 4 is 11.7 Å². The molecule has 2 atom stereocenters. The van der Waals surface area contributed by atoms with Gasteiger partial charge in [-0.2, -0.15) is 0 Å². The second-order valence-corrected chi connectivity index (χ2v) is 10.3. The summed E-state index contributed by atoms with van der Waals surface area (Å²) in [4.78, 5) is 13.1. The van der Waals surface area contributed by atoms with Gasteiger partial charge in [0, 0.05) is 24.4 Å². The first-order valence-electron chi connectivity index (χ1n) is 12.8. The maximum Gasteiger partial charge on any atom is 0.338 e. The number of esters is 1. The van der Waals surface area contributed by atoms with Crippen molar-refractivity contribution in [3.8, 4) is 5.75 Å². The fourth-order valence-electron chi connectivity index (χ4n) is 5.14. The molecule has 2 unspecified atom stereocenters. The number of rotatable bonds is 8. The van der Waals surface area contributed by atoms with Crippen LogP contribution < -0.4 is 10.1 Å². The second kappa shape index (κ2) is 10.8. The highest BCUT2D eigenvalue weighted by Gasteiger charge is 2.47. The minimum Gasteiger partial charge on any atom is -0.483 e.